The van der Waals surface area contributed by atoms with Crippen LogP contribution in [0.2, 0.25) is 5.02 Å². The van der Waals surface area contributed by atoms with Gasteiger partial charge in [0, 0.05) is 23.5 Å². The van der Waals surface area contributed by atoms with Gasteiger partial charge in [-0.25, -0.2) is 0 Å². The van der Waals surface area contributed by atoms with Gasteiger partial charge in [0.1, 0.15) is 0 Å². The van der Waals surface area contributed by atoms with Gasteiger partial charge in [-0.3, -0.25) is 14.2 Å². The fourth-order valence-electron chi connectivity index (χ4n) is 1.83. The molecule has 0 saturated heterocycles. The third-order valence-electron chi connectivity index (χ3n) is 2.53. The zero-order valence-corrected chi connectivity index (χ0v) is 9.86. The van der Waals surface area contributed by atoms with Crippen LogP contribution < -0.4 is 0 Å². The number of rotatable bonds is 2. The van der Waals surface area contributed by atoms with E-state index in [2.05, 4.69) is 0 Å². The van der Waals surface area contributed by atoms with Crippen LogP contribution in [-0.2, 0) is 11.2 Å². The van der Waals surface area contributed by atoms with E-state index >= 15 is 0 Å². The summed E-state index contributed by atoms with van der Waals surface area (Å²) in [6, 6.07) is 5.07. The summed E-state index contributed by atoms with van der Waals surface area (Å²) >= 11 is 5.87. The van der Waals surface area contributed by atoms with Crippen molar-refractivity contribution in [2.75, 3.05) is 0 Å². The second-order valence-corrected chi connectivity index (χ2v) is 4.21. The molecule has 2 rings (SSSR count). The summed E-state index contributed by atoms with van der Waals surface area (Å²) in [5.74, 6) is -1.10. The Morgan fingerprint density at radius 1 is 1.41 bits per heavy atom. The van der Waals surface area contributed by atoms with E-state index in [0.29, 0.717) is 16.1 Å². The number of carbonyl (C=O) groups is 2. The quantitative estimate of drug-likeness (QED) is 0.892. The third-order valence-corrected chi connectivity index (χ3v) is 2.77. The minimum atomic E-state index is -0.928. The first kappa shape index (κ1) is 11.7. The number of aromatic nitrogens is 1. The summed E-state index contributed by atoms with van der Waals surface area (Å²) < 4.78 is 1.42. The van der Waals surface area contributed by atoms with E-state index < -0.39 is 5.97 Å². The number of nitrogens with zero attached hydrogens (tertiary/aromatic N) is 1. The van der Waals surface area contributed by atoms with E-state index in [-0.39, 0.29) is 12.3 Å². The molecule has 0 fully saturated rings. The highest BCUT2D eigenvalue weighted by molar-refractivity contribution is 6.31. The fraction of sp³-hybridized carbons (Fsp3) is 0.167. The molecule has 5 heteroatoms. The number of carboxylic acids is 1. The highest BCUT2D eigenvalue weighted by Gasteiger charge is 2.13. The fourth-order valence-corrected chi connectivity index (χ4v) is 2.00. The molecule has 1 aromatic carbocycles. The predicted octanol–water partition coefficient (Wildman–Crippen LogP) is 2.58. The van der Waals surface area contributed by atoms with Crippen LogP contribution >= 0.6 is 11.6 Å². The average molecular weight is 252 g/mol. The van der Waals surface area contributed by atoms with Crippen molar-refractivity contribution in [2.24, 2.45) is 0 Å². The Hall–Kier alpha value is -1.81. The molecule has 0 aliphatic carbocycles. The Morgan fingerprint density at radius 2 is 2.12 bits per heavy atom. The number of hydrogen-bond acceptors (Lipinski definition) is 2. The van der Waals surface area contributed by atoms with Gasteiger partial charge in [-0.15, -0.1) is 0 Å². The number of halogens is 1. The van der Waals surface area contributed by atoms with E-state index in [1.165, 1.54) is 11.5 Å². The van der Waals surface area contributed by atoms with Crippen molar-refractivity contribution in [3.8, 4) is 0 Å². The summed E-state index contributed by atoms with van der Waals surface area (Å²) in [4.78, 5) is 22.2. The van der Waals surface area contributed by atoms with E-state index in [1.807, 2.05) is 0 Å². The van der Waals surface area contributed by atoms with Crippen LogP contribution in [0.25, 0.3) is 10.9 Å². The van der Waals surface area contributed by atoms with Gasteiger partial charge in [-0.2, -0.15) is 0 Å². The highest BCUT2D eigenvalue weighted by Crippen LogP contribution is 2.25. The van der Waals surface area contributed by atoms with E-state index in [4.69, 9.17) is 16.7 Å². The van der Waals surface area contributed by atoms with E-state index in [1.54, 1.807) is 24.4 Å². The molecule has 0 amide bonds. The molecule has 0 atom stereocenters. The monoisotopic (exact) mass is 251 g/mol. The first-order chi connectivity index (χ1) is 7.99. The number of fused-ring (bicyclic) bond motifs is 1. The number of carbonyl (C=O) groups excluding carboxylic acids is 1. The normalized spacial score (nSPS) is 10.7. The molecular weight excluding hydrogens is 242 g/mol. The molecule has 17 heavy (non-hydrogen) atoms. The maximum Gasteiger partial charge on any atom is 0.307 e. The molecule has 0 saturated carbocycles. The van der Waals surface area contributed by atoms with Crippen LogP contribution in [0.15, 0.2) is 24.4 Å². The topological polar surface area (TPSA) is 59.3 Å². The summed E-state index contributed by atoms with van der Waals surface area (Å²) in [7, 11) is 0. The Labute approximate surface area is 102 Å². The van der Waals surface area contributed by atoms with Crippen LogP contribution in [-0.4, -0.2) is 21.6 Å². The lowest BCUT2D eigenvalue weighted by Crippen LogP contribution is -2.03. The molecule has 0 aliphatic rings. The molecule has 1 heterocycles. The smallest absolute Gasteiger partial charge is 0.307 e. The van der Waals surface area contributed by atoms with Crippen LogP contribution in [0.3, 0.4) is 0 Å². The van der Waals surface area contributed by atoms with Gasteiger partial charge in [-0.1, -0.05) is 17.7 Å². The van der Waals surface area contributed by atoms with Crippen LogP contribution in [0.1, 0.15) is 17.3 Å². The molecule has 0 bridgehead atoms. The lowest BCUT2D eigenvalue weighted by atomic mass is 10.1. The SMILES string of the molecule is CC(=O)n1cc(CC(=O)O)c2ccc(Cl)cc21. The van der Waals surface area contributed by atoms with Crippen molar-refractivity contribution in [3.63, 3.8) is 0 Å². The van der Waals surface area contributed by atoms with Gasteiger partial charge >= 0.3 is 5.97 Å². The molecule has 88 valence electrons. The number of aliphatic carboxylic acids is 1. The Morgan fingerprint density at radius 3 is 2.71 bits per heavy atom. The summed E-state index contributed by atoms with van der Waals surface area (Å²) in [5.41, 5.74) is 1.25. The molecule has 0 unspecified atom stereocenters. The van der Waals surface area contributed by atoms with Crippen LogP contribution in [0, 0.1) is 0 Å². The summed E-state index contributed by atoms with van der Waals surface area (Å²) in [6.45, 7) is 1.42. The number of hydrogen-bond donors (Lipinski definition) is 1. The molecule has 2 aromatic rings. The second-order valence-electron chi connectivity index (χ2n) is 3.78. The first-order valence-corrected chi connectivity index (χ1v) is 5.39. The lowest BCUT2D eigenvalue weighted by molar-refractivity contribution is -0.136. The molecule has 1 N–H and O–H groups in total. The van der Waals surface area contributed by atoms with Gasteiger partial charge in [0.05, 0.1) is 11.9 Å². The van der Waals surface area contributed by atoms with Crippen molar-refractivity contribution in [2.45, 2.75) is 13.3 Å². The zero-order valence-electron chi connectivity index (χ0n) is 9.11. The standard InChI is InChI=1S/C12H10ClNO3/c1-7(15)14-6-8(4-12(16)17)10-3-2-9(13)5-11(10)14/h2-3,5-6H,4H2,1H3,(H,16,17). The van der Waals surface area contributed by atoms with Crippen molar-refractivity contribution in [3.05, 3.63) is 35.0 Å². The van der Waals surface area contributed by atoms with E-state index in [0.717, 1.165) is 5.39 Å². The molecule has 4 nitrogen and oxygen atoms in total. The van der Waals surface area contributed by atoms with E-state index in [9.17, 15) is 9.59 Å². The Bertz CT molecular complexity index is 615. The van der Waals surface area contributed by atoms with Gasteiger partial charge in [0.25, 0.3) is 0 Å². The largest absolute Gasteiger partial charge is 0.481 e. The number of benzene rings is 1. The maximum atomic E-state index is 11.4. The lowest BCUT2D eigenvalue weighted by Gasteiger charge is -1.98. The van der Waals surface area contributed by atoms with Crippen molar-refractivity contribution >= 4 is 34.4 Å². The van der Waals surface area contributed by atoms with Gasteiger partial charge in [-0.05, 0) is 17.7 Å². The Kier molecular flexibility index (Phi) is 2.90. The second kappa shape index (κ2) is 4.22. The number of carboxylic acid groups (broad SMARTS) is 1. The maximum absolute atomic E-state index is 11.4. The Balaban J connectivity index is 2.70. The average Bonchev–Trinajstić information content (AvgIpc) is 2.55. The third kappa shape index (κ3) is 2.17. The minimum Gasteiger partial charge on any atom is -0.481 e. The molecule has 0 radical (unpaired) electrons. The first-order valence-electron chi connectivity index (χ1n) is 5.01. The van der Waals surface area contributed by atoms with Gasteiger partial charge < -0.3 is 5.11 Å². The highest BCUT2D eigenvalue weighted by atomic mass is 35.5. The predicted molar refractivity (Wildman–Crippen MR) is 64.6 cm³/mol. The van der Waals surface area contributed by atoms with Gasteiger partial charge in [0.2, 0.25) is 5.91 Å². The molecule has 0 spiro atoms. The molecule has 1 aromatic heterocycles. The van der Waals surface area contributed by atoms with Crippen LogP contribution in [0.4, 0.5) is 0 Å². The molecule has 0 aliphatic heterocycles. The van der Waals surface area contributed by atoms with Crippen molar-refractivity contribution < 1.29 is 14.7 Å². The summed E-state index contributed by atoms with van der Waals surface area (Å²) in [5, 5.41) is 10.1. The van der Waals surface area contributed by atoms with Crippen LogP contribution in [0.5, 0.6) is 0 Å². The van der Waals surface area contributed by atoms with Crippen molar-refractivity contribution in [1.82, 2.24) is 4.57 Å². The summed E-state index contributed by atoms with van der Waals surface area (Å²) in [6.07, 6.45) is 1.44. The molecular formula is C12H10ClNO3. The van der Waals surface area contributed by atoms with Gasteiger partial charge in [0.15, 0.2) is 0 Å². The zero-order chi connectivity index (χ0) is 12.6. The van der Waals surface area contributed by atoms with Crippen molar-refractivity contribution in [1.29, 1.82) is 0 Å². The minimum absolute atomic E-state index is 0.113.